The van der Waals surface area contributed by atoms with Crippen molar-refractivity contribution in [3.63, 3.8) is 0 Å². The van der Waals surface area contributed by atoms with Gasteiger partial charge in [0, 0.05) is 11.8 Å². The van der Waals surface area contributed by atoms with Gasteiger partial charge in [-0.25, -0.2) is 0 Å². The van der Waals surface area contributed by atoms with Crippen LogP contribution < -0.4 is 0 Å². The van der Waals surface area contributed by atoms with Crippen molar-refractivity contribution in [2.75, 3.05) is 13.3 Å². The second-order valence-corrected chi connectivity index (χ2v) is 9.14. The van der Waals surface area contributed by atoms with E-state index in [1.165, 1.54) is 0 Å². The van der Waals surface area contributed by atoms with Gasteiger partial charge in [0.05, 0.1) is 6.61 Å². The average Bonchev–Trinajstić information content (AvgIpc) is 1.79. The van der Waals surface area contributed by atoms with E-state index in [4.69, 9.17) is 4.52 Å². The zero-order chi connectivity index (χ0) is 10.9. The molecule has 0 rings (SSSR count). The highest BCUT2D eigenvalue weighted by Gasteiger charge is 2.33. The molecule has 0 fully saturated rings. The number of hydrogen-bond acceptors (Lipinski definition) is 2. The minimum Gasteiger partial charge on any atom is -0.328 e. The molecular weight excluding hydrogens is 183 g/mol. The minimum absolute atomic E-state index is 0.0803. The van der Waals surface area contributed by atoms with Crippen molar-refractivity contribution in [2.45, 2.75) is 46.7 Å². The zero-order valence-electron chi connectivity index (χ0n) is 9.97. The normalized spacial score (nSPS) is 18.4. The molecule has 13 heavy (non-hydrogen) atoms. The molecule has 0 spiro atoms. The first-order chi connectivity index (χ1) is 5.46. The van der Waals surface area contributed by atoms with Gasteiger partial charge >= 0.3 is 0 Å². The second kappa shape index (κ2) is 3.74. The summed E-state index contributed by atoms with van der Waals surface area (Å²) < 4.78 is 17.6. The third kappa shape index (κ3) is 4.83. The molecule has 0 heterocycles. The molecule has 0 amide bonds. The van der Waals surface area contributed by atoms with Crippen LogP contribution in [0.1, 0.15) is 41.5 Å². The van der Waals surface area contributed by atoms with Gasteiger partial charge in [-0.05, 0) is 5.41 Å². The molecule has 0 aliphatic carbocycles. The Kier molecular flexibility index (Phi) is 3.80. The standard InChI is InChI=1S/C10H23O2P/c1-9(2,3)8-12-13(7,11)10(4,5)6/h8H2,1-7H3. The summed E-state index contributed by atoms with van der Waals surface area (Å²) in [5, 5.41) is -0.252. The van der Waals surface area contributed by atoms with Crippen LogP contribution in [0.3, 0.4) is 0 Å². The third-order valence-electron chi connectivity index (χ3n) is 1.96. The summed E-state index contributed by atoms with van der Waals surface area (Å²) in [5.41, 5.74) is 0.0803. The Morgan fingerprint density at radius 3 is 1.69 bits per heavy atom. The molecule has 0 aliphatic rings. The Balaban J connectivity index is 4.30. The number of rotatable bonds is 2. The lowest BCUT2D eigenvalue weighted by atomic mass is 9.99. The molecule has 1 unspecified atom stereocenters. The molecule has 0 radical (unpaired) electrons. The first-order valence-corrected chi connectivity index (χ1v) is 6.75. The fraction of sp³-hybridized carbons (Fsp3) is 1.00. The predicted molar refractivity (Wildman–Crippen MR) is 58.7 cm³/mol. The van der Waals surface area contributed by atoms with E-state index in [0.29, 0.717) is 6.61 Å². The Labute approximate surface area is 82.5 Å². The Hall–Kier alpha value is 0.190. The third-order valence-corrected chi connectivity index (χ3v) is 5.02. The van der Waals surface area contributed by atoms with Crippen molar-refractivity contribution in [3.05, 3.63) is 0 Å². The van der Waals surface area contributed by atoms with Crippen LogP contribution in [0.15, 0.2) is 0 Å². The summed E-state index contributed by atoms with van der Waals surface area (Å²) >= 11 is 0. The SMILES string of the molecule is CC(C)(C)COP(C)(=O)C(C)(C)C. The maximum atomic E-state index is 12.1. The lowest BCUT2D eigenvalue weighted by Gasteiger charge is -2.30. The molecule has 1 atom stereocenters. The van der Waals surface area contributed by atoms with E-state index < -0.39 is 7.37 Å². The average molecular weight is 206 g/mol. The van der Waals surface area contributed by atoms with Gasteiger partial charge in [0.1, 0.15) is 0 Å². The van der Waals surface area contributed by atoms with Crippen molar-refractivity contribution >= 4 is 7.37 Å². The van der Waals surface area contributed by atoms with Gasteiger partial charge in [-0.3, -0.25) is 4.57 Å². The van der Waals surface area contributed by atoms with Crippen LogP contribution in [-0.4, -0.2) is 18.4 Å². The van der Waals surface area contributed by atoms with E-state index in [0.717, 1.165) is 0 Å². The Bertz CT molecular complexity index is 208. The van der Waals surface area contributed by atoms with Crippen LogP contribution in [0, 0.1) is 5.41 Å². The quantitative estimate of drug-likeness (QED) is 0.643. The van der Waals surface area contributed by atoms with E-state index >= 15 is 0 Å². The summed E-state index contributed by atoms with van der Waals surface area (Å²) in [6.45, 7) is 14.4. The van der Waals surface area contributed by atoms with Crippen molar-refractivity contribution in [2.24, 2.45) is 5.41 Å². The molecule has 0 N–H and O–H groups in total. The topological polar surface area (TPSA) is 26.3 Å². The van der Waals surface area contributed by atoms with Gasteiger partial charge in [-0.2, -0.15) is 0 Å². The van der Waals surface area contributed by atoms with E-state index in [2.05, 4.69) is 20.8 Å². The van der Waals surface area contributed by atoms with Crippen molar-refractivity contribution in [1.82, 2.24) is 0 Å². The molecule has 0 bridgehead atoms. The Morgan fingerprint density at radius 1 is 1.08 bits per heavy atom. The number of hydrogen-bond donors (Lipinski definition) is 0. The van der Waals surface area contributed by atoms with E-state index in [1.807, 2.05) is 20.8 Å². The van der Waals surface area contributed by atoms with Crippen LogP contribution in [0.25, 0.3) is 0 Å². The Morgan fingerprint density at radius 2 is 1.46 bits per heavy atom. The predicted octanol–water partition coefficient (Wildman–Crippen LogP) is 3.76. The minimum atomic E-state index is -2.47. The first-order valence-electron chi connectivity index (χ1n) is 4.68. The van der Waals surface area contributed by atoms with Crippen molar-refractivity contribution in [3.8, 4) is 0 Å². The molecule has 3 heteroatoms. The maximum Gasteiger partial charge on any atom is 0.205 e. The van der Waals surface area contributed by atoms with Crippen LogP contribution in [0.2, 0.25) is 0 Å². The lowest BCUT2D eigenvalue weighted by Crippen LogP contribution is -2.20. The molecule has 0 aromatic rings. The molecule has 80 valence electrons. The summed E-state index contributed by atoms with van der Waals surface area (Å²) in [6, 6.07) is 0. The van der Waals surface area contributed by atoms with E-state index in [1.54, 1.807) is 6.66 Å². The molecule has 2 nitrogen and oxygen atoms in total. The van der Waals surface area contributed by atoms with E-state index in [9.17, 15) is 4.57 Å². The fourth-order valence-corrected chi connectivity index (χ4v) is 1.53. The first kappa shape index (κ1) is 13.2. The van der Waals surface area contributed by atoms with Crippen LogP contribution in [0.4, 0.5) is 0 Å². The van der Waals surface area contributed by atoms with Gasteiger partial charge in [0.15, 0.2) is 0 Å². The van der Waals surface area contributed by atoms with Gasteiger partial charge < -0.3 is 4.52 Å². The second-order valence-electron chi connectivity index (χ2n) is 5.85. The molecule has 0 aliphatic heterocycles. The fourth-order valence-electron chi connectivity index (χ4n) is 0.510. The van der Waals surface area contributed by atoms with Gasteiger partial charge in [-0.1, -0.05) is 41.5 Å². The molecular formula is C10H23O2P. The van der Waals surface area contributed by atoms with Gasteiger partial charge in [-0.15, -0.1) is 0 Å². The highest BCUT2D eigenvalue weighted by molar-refractivity contribution is 7.59. The lowest BCUT2D eigenvalue weighted by molar-refractivity contribution is 0.195. The maximum absolute atomic E-state index is 12.1. The van der Waals surface area contributed by atoms with Crippen LogP contribution in [-0.2, 0) is 9.09 Å². The van der Waals surface area contributed by atoms with Crippen molar-refractivity contribution in [1.29, 1.82) is 0 Å². The van der Waals surface area contributed by atoms with Crippen LogP contribution in [0.5, 0.6) is 0 Å². The smallest absolute Gasteiger partial charge is 0.205 e. The molecule has 0 saturated carbocycles. The summed E-state index contributed by atoms with van der Waals surface area (Å²) in [5.74, 6) is 0. The molecule has 0 saturated heterocycles. The van der Waals surface area contributed by atoms with Gasteiger partial charge in [0.2, 0.25) is 7.37 Å². The molecule has 0 aromatic heterocycles. The zero-order valence-corrected chi connectivity index (χ0v) is 10.9. The molecule has 0 aromatic carbocycles. The monoisotopic (exact) mass is 206 g/mol. The summed E-state index contributed by atoms with van der Waals surface area (Å²) in [6.07, 6.45) is 0. The highest BCUT2D eigenvalue weighted by atomic mass is 31.2. The summed E-state index contributed by atoms with van der Waals surface area (Å²) in [7, 11) is -2.47. The summed E-state index contributed by atoms with van der Waals surface area (Å²) in [4.78, 5) is 0. The largest absolute Gasteiger partial charge is 0.328 e. The van der Waals surface area contributed by atoms with Gasteiger partial charge in [0.25, 0.3) is 0 Å². The van der Waals surface area contributed by atoms with Crippen molar-refractivity contribution < 1.29 is 9.09 Å². The highest BCUT2D eigenvalue weighted by Crippen LogP contribution is 2.55. The van der Waals surface area contributed by atoms with Crippen LogP contribution >= 0.6 is 7.37 Å². The van der Waals surface area contributed by atoms with E-state index in [-0.39, 0.29) is 10.6 Å².